The van der Waals surface area contributed by atoms with Gasteiger partial charge >= 0.3 is 5.97 Å². The minimum atomic E-state index is -1.26. The molecule has 0 spiro atoms. The number of carbonyl (C=O) groups is 1. The molecule has 0 heterocycles. The van der Waals surface area contributed by atoms with E-state index >= 15 is 0 Å². The third-order valence-corrected chi connectivity index (χ3v) is 5.80. The molecule has 0 amide bonds. The van der Waals surface area contributed by atoms with Gasteiger partial charge in [-0.3, -0.25) is 0 Å². The van der Waals surface area contributed by atoms with Gasteiger partial charge in [0.1, 0.15) is 0 Å². The molecule has 0 aliphatic heterocycles. The lowest BCUT2D eigenvalue weighted by molar-refractivity contribution is -0.207. The van der Waals surface area contributed by atoms with E-state index in [1.54, 1.807) is 13.0 Å². The topological polar surface area (TPSA) is 98.0 Å². The summed E-state index contributed by atoms with van der Waals surface area (Å²) >= 11 is 0. The van der Waals surface area contributed by atoms with Gasteiger partial charge in [0, 0.05) is 12.0 Å². The van der Waals surface area contributed by atoms with Gasteiger partial charge in [0.05, 0.1) is 17.8 Å². The van der Waals surface area contributed by atoms with Crippen LogP contribution in [0.4, 0.5) is 0 Å². The van der Waals surface area contributed by atoms with Crippen LogP contribution in [0.3, 0.4) is 0 Å². The minimum absolute atomic E-state index is 0.151. The monoisotopic (exact) mass is 324 g/mol. The molecular formula is C18H28O5. The summed E-state index contributed by atoms with van der Waals surface area (Å²) in [6.45, 7) is 5.95. The Morgan fingerprint density at radius 2 is 1.74 bits per heavy atom. The molecule has 2 aliphatic carbocycles. The molecule has 23 heavy (non-hydrogen) atoms. The molecule has 2 fully saturated rings. The van der Waals surface area contributed by atoms with Crippen LogP contribution in [0, 0.1) is 29.6 Å². The molecule has 0 aromatic carbocycles. The summed E-state index contributed by atoms with van der Waals surface area (Å²) in [7, 11) is 0. The zero-order chi connectivity index (χ0) is 17.4. The van der Waals surface area contributed by atoms with E-state index < -0.39 is 29.7 Å². The largest absolute Gasteiger partial charge is 0.478 e. The van der Waals surface area contributed by atoms with E-state index in [0.717, 1.165) is 18.9 Å². The molecule has 5 heteroatoms. The van der Waals surface area contributed by atoms with Gasteiger partial charge in [0.25, 0.3) is 0 Å². The van der Waals surface area contributed by atoms with Crippen molar-refractivity contribution in [2.45, 2.75) is 51.4 Å². The normalized spacial score (nSPS) is 47.8. The van der Waals surface area contributed by atoms with Gasteiger partial charge in [-0.1, -0.05) is 39.0 Å². The number of carboxylic acid groups (broad SMARTS) is 1. The van der Waals surface area contributed by atoms with Crippen LogP contribution in [0.15, 0.2) is 24.3 Å². The Balaban J connectivity index is 2.35. The number of aliphatic hydroxyl groups is 3. The Labute approximate surface area is 137 Å². The predicted octanol–water partition coefficient (Wildman–Crippen LogP) is 1.58. The molecule has 2 saturated carbocycles. The van der Waals surface area contributed by atoms with Crippen LogP contribution in [0.1, 0.15) is 33.6 Å². The second-order valence-electron chi connectivity index (χ2n) is 7.46. The Kier molecular flexibility index (Phi) is 5.33. The first-order valence-corrected chi connectivity index (χ1v) is 8.35. The third kappa shape index (κ3) is 3.37. The summed E-state index contributed by atoms with van der Waals surface area (Å²) in [5.41, 5.74) is -1.26. The molecule has 0 bridgehead atoms. The van der Waals surface area contributed by atoms with E-state index in [4.69, 9.17) is 5.11 Å². The van der Waals surface area contributed by atoms with E-state index in [-0.39, 0.29) is 17.8 Å². The molecule has 0 radical (unpaired) electrons. The van der Waals surface area contributed by atoms with Crippen molar-refractivity contribution in [2.75, 3.05) is 0 Å². The van der Waals surface area contributed by atoms with E-state index in [0.29, 0.717) is 5.92 Å². The number of fused-ring (bicyclic) bond motifs is 1. The number of aliphatic carboxylic acids is 1. The number of aliphatic hydroxyl groups excluding tert-OH is 2. The molecule has 5 nitrogen and oxygen atoms in total. The van der Waals surface area contributed by atoms with Gasteiger partial charge in [-0.05, 0) is 36.5 Å². The molecule has 130 valence electrons. The second kappa shape index (κ2) is 6.75. The van der Waals surface area contributed by atoms with Gasteiger partial charge in [-0.2, -0.15) is 0 Å². The van der Waals surface area contributed by atoms with Crippen molar-refractivity contribution < 1.29 is 25.2 Å². The number of rotatable bonds is 3. The standard InChI is InChI=1S/C18H28O5/c1-10-8-11(2)15-13(9-10)17(22)16(21)12(3)18(15,23)7-5-4-6-14(19)20/h4-7,10-13,15-17,21-23H,8-9H2,1-3H3,(H,19,20)/b6-4+,7-5+/t10-,11-,12-,13-,15-,16+,17-,18-/m0/s1. The first-order chi connectivity index (χ1) is 10.7. The van der Waals surface area contributed by atoms with Crippen LogP contribution in [0.25, 0.3) is 0 Å². The lowest BCUT2D eigenvalue weighted by Crippen LogP contribution is -2.64. The fourth-order valence-corrected chi connectivity index (χ4v) is 4.80. The van der Waals surface area contributed by atoms with E-state index in [2.05, 4.69) is 13.8 Å². The van der Waals surface area contributed by atoms with E-state index in [1.165, 1.54) is 12.2 Å². The highest BCUT2D eigenvalue weighted by molar-refractivity contribution is 5.80. The first-order valence-electron chi connectivity index (χ1n) is 8.35. The molecule has 2 rings (SSSR count). The van der Waals surface area contributed by atoms with Gasteiger partial charge in [0.2, 0.25) is 0 Å². The highest BCUT2D eigenvalue weighted by Gasteiger charge is 2.58. The Hall–Kier alpha value is -1.17. The number of allylic oxidation sites excluding steroid dienone is 2. The summed E-state index contributed by atoms with van der Waals surface area (Å²) < 4.78 is 0. The molecule has 8 atom stereocenters. The molecule has 0 unspecified atom stereocenters. The van der Waals surface area contributed by atoms with E-state index in [1.807, 2.05) is 0 Å². The molecule has 0 aromatic rings. The Bertz CT molecular complexity index is 500. The Morgan fingerprint density at radius 1 is 1.09 bits per heavy atom. The van der Waals surface area contributed by atoms with Crippen molar-refractivity contribution in [3.63, 3.8) is 0 Å². The third-order valence-electron chi connectivity index (χ3n) is 5.80. The summed E-state index contributed by atoms with van der Waals surface area (Å²) in [5.74, 6) is -1.22. The second-order valence-corrected chi connectivity index (χ2v) is 7.46. The fraction of sp³-hybridized carbons (Fsp3) is 0.722. The average Bonchev–Trinajstić information content (AvgIpc) is 2.46. The van der Waals surface area contributed by atoms with Gasteiger partial charge in [-0.15, -0.1) is 0 Å². The van der Waals surface area contributed by atoms with Crippen molar-refractivity contribution in [2.24, 2.45) is 29.6 Å². The lowest BCUT2D eigenvalue weighted by atomic mass is 9.53. The average molecular weight is 324 g/mol. The van der Waals surface area contributed by atoms with Crippen LogP contribution in [-0.2, 0) is 4.79 Å². The summed E-state index contributed by atoms with van der Waals surface area (Å²) in [5, 5.41) is 40.8. The maximum Gasteiger partial charge on any atom is 0.328 e. The van der Waals surface area contributed by atoms with Crippen molar-refractivity contribution in [1.82, 2.24) is 0 Å². The van der Waals surface area contributed by atoms with Gasteiger partial charge in [-0.25, -0.2) is 4.79 Å². The maximum atomic E-state index is 11.3. The molecular weight excluding hydrogens is 296 g/mol. The lowest BCUT2D eigenvalue weighted by Gasteiger charge is -2.56. The highest BCUT2D eigenvalue weighted by Crippen LogP contribution is 2.52. The summed E-state index contributed by atoms with van der Waals surface area (Å²) in [4.78, 5) is 10.5. The molecule has 0 aromatic heterocycles. The minimum Gasteiger partial charge on any atom is -0.478 e. The van der Waals surface area contributed by atoms with Crippen molar-refractivity contribution in [3.05, 3.63) is 24.3 Å². The summed E-state index contributed by atoms with van der Waals surface area (Å²) in [6.07, 6.45) is 5.42. The fourth-order valence-electron chi connectivity index (χ4n) is 4.80. The molecule has 4 N–H and O–H groups in total. The number of hydrogen-bond donors (Lipinski definition) is 4. The summed E-state index contributed by atoms with van der Waals surface area (Å²) in [6, 6.07) is 0. The number of hydrogen-bond acceptors (Lipinski definition) is 4. The van der Waals surface area contributed by atoms with Crippen LogP contribution in [-0.4, -0.2) is 44.2 Å². The smallest absolute Gasteiger partial charge is 0.328 e. The molecule has 0 saturated heterocycles. The quantitative estimate of drug-likeness (QED) is 0.467. The van der Waals surface area contributed by atoms with Gasteiger partial charge in [0.15, 0.2) is 0 Å². The van der Waals surface area contributed by atoms with Crippen LogP contribution in [0.5, 0.6) is 0 Å². The van der Waals surface area contributed by atoms with Crippen LogP contribution < -0.4 is 0 Å². The molecule has 2 aliphatic rings. The number of carboxylic acids is 1. The zero-order valence-corrected chi connectivity index (χ0v) is 14.0. The zero-order valence-electron chi connectivity index (χ0n) is 14.0. The van der Waals surface area contributed by atoms with Gasteiger partial charge < -0.3 is 20.4 Å². The van der Waals surface area contributed by atoms with Crippen molar-refractivity contribution >= 4 is 5.97 Å². The SMILES string of the molecule is C[C@@H]1C[C@@H]2[C@H](O)[C@H](O)[C@H](C)[C@@](O)(/C=C/C=C/C(=O)O)[C@H]2[C@@H](C)C1. The van der Waals surface area contributed by atoms with Crippen LogP contribution in [0.2, 0.25) is 0 Å². The van der Waals surface area contributed by atoms with E-state index in [9.17, 15) is 20.1 Å². The predicted molar refractivity (Wildman–Crippen MR) is 86.6 cm³/mol. The van der Waals surface area contributed by atoms with Crippen molar-refractivity contribution in [1.29, 1.82) is 0 Å². The van der Waals surface area contributed by atoms with Crippen LogP contribution >= 0.6 is 0 Å². The Morgan fingerprint density at radius 3 is 2.35 bits per heavy atom. The highest BCUT2D eigenvalue weighted by atomic mass is 16.4. The first kappa shape index (κ1) is 18.2. The van der Waals surface area contributed by atoms with Crippen molar-refractivity contribution in [3.8, 4) is 0 Å². The maximum absolute atomic E-state index is 11.3.